The molecule has 1 aliphatic rings. The number of pyridine rings is 1. The lowest BCUT2D eigenvalue weighted by Gasteiger charge is -2.07. The number of hydrogen-bond donors (Lipinski definition) is 2. The number of amides is 1. The molecule has 2 aromatic heterocycles. The quantitative estimate of drug-likeness (QED) is 0.447. The van der Waals surface area contributed by atoms with E-state index in [-0.39, 0.29) is 18.3 Å². The Morgan fingerprint density at radius 3 is 2.73 bits per heavy atom. The van der Waals surface area contributed by atoms with Gasteiger partial charge in [0.05, 0.1) is 22.1 Å². The lowest BCUT2D eigenvalue weighted by Crippen LogP contribution is -2.22. The molecule has 6 rings (SSSR count). The first-order valence-corrected chi connectivity index (χ1v) is 10.4. The first-order chi connectivity index (χ1) is 16.2. The Hall–Kier alpha value is -4.59. The standard InChI is InChI=1S/C25H18N4O4/c30-24(27-12-15-6-9-21-22(10-15)33-14-32-21)16-7-8-20-18(11-16)23-19(13-26-20)25(31)29(28-23)17-4-2-1-3-5-17/h1-11,13,28H,12,14H2,(H,27,30). The van der Waals surface area contributed by atoms with Crippen LogP contribution in [0.15, 0.2) is 77.7 Å². The molecule has 8 nitrogen and oxygen atoms in total. The average molecular weight is 438 g/mol. The number of nitrogens with zero attached hydrogens (tertiary/aromatic N) is 2. The largest absolute Gasteiger partial charge is 0.454 e. The maximum absolute atomic E-state index is 12.9. The molecule has 8 heteroatoms. The second kappa shape index (κ2) is 7.52. The maximum Gasteiger partial charge on any atom is 0.280 e. The Morgan fingerprint density at radius 2 is 1.85 bits per heavy atom. The molecule has 0 bridgehead atoms. The summed E-state index contributed by atoms with van der Waals surface area (Å²) in [6.07, 6.45) is 1.56. The number of para-hydroxylation sites is 1. The number of carbonyl (C=O) groups excluding carboxylic acids is 1. The molecule has 0 fully saturated rings. The first kappa shape index (κ1) is 19.1. The Kier molecular flexibility index (Phi) is 4.36. The van der Waals surface area contributed by atoms with Gasteiger partial charge in [0, 0.05) is 23.7 Å². The van der Waals surface area contributed by atoms with Crippen LogP contribution in [0.3, 0.4) is 0 Å². The lowest BCUT2D eigenvalue weighted by atomic mass is 10.1. The van der Waals surface area contributed by atoms with Gasteiger partial charge in [-0.2, -0.15) is 0 Å². The number of carbonyl (C=O) groups is 1. The smallest absolute Gasteiger partial charge is 0.280 e. The van der Waals surface area contributed by atoms with Crippen molar-refractivity contribution in [2.45, 2.75) is 6.54 Å². The summed E-state index contributed by atoms with van der Waals surface area (Å²) in [6, 6.07) is 20.2. The summed E-state index contributed by atoms with van der Waals surface area (Å²) in [7, 11) is 0. The zero-order valence-electron chi connectivity index (χ0n) is 17.4. The van der Waals surface area contributed by atoms with Gasteiger partial charge in [0.25, 0.3) is 11.5 Å². The number of benzene rings is 3. The zero-order valence-corrected chi connectivity index (χ0v) is 17.4. The minimum Gasteiger partial charge on any atom is -0.454 e. The van der Waals surface area contributed by atoms with Gasteiger partial charge in [0.15, 0.2) is 11.5 Å². The third-order valence-electron chi connectivity index (χ3n) is 5.69. The van der Waals surface area contributed by atoms with Crippen LogP contribution in [0, 0.1) is 0 Å². The van der Waals surface area contributed by atoms with E-state index in [9.17, 15) is 9.59 Å². The molecule has 0 saturated carbocycles. The molecule has 0 saturated heterocycles. The summed E-state index contributed by atoms with van der Waals surface area (Å²) in [6.45, 7) is 0.552. The van der Waals surface area contributed by atoms with E-state index in [1.54, 1.807) is 24.4 Å². The second-order valence-electron chi connectivity index (χ2n) is 7.74. The molecule has 0 unspecified atom stereocenters. The van der Waals surface area contributed by atoms with Crippen molar-refractivity contribution >= 4 is 27.7 Å². The fourth-order valence-electron chi connectivity index (χ4n) is 3.99. The SMILES string of the molecule is O=C(NCc1ccc2c(c1)OCO2)c1ccc2ncc3c(=O)n(-c4ccccc4)[nH]c3c2c1. The predicted molar refractivity (Wildman–Crippen MR) is 123 cm³/mol. The minimum absolute atomic E-state index is 0.191. The Bertz CT molecular complexity index is 1590. The van der Waals surface area contributed by atoms with Crippen molar-refractivity contribution in [3.8, 4) is 17.2 Å². The van der Waals surface area contributed by atoms with E-state index in [4.69, 9.17) is 9.47 Å². The van der Waals surface area contributed by atoms with Crippen molar-refractivity contribution in [2.75, 3.05) is 6.79 Å². The van der Waals surface area contributed by atoms with Crippen LogP contribution < -0.4 is 20.3 Å². The number of fused-ring (bicyclic) bond motifs is 4. The van der Waals surface area contributed by atoms with Crippen molar-refractivity contribution in [1.29, 1.82) is 0 Å². The Labute approximate surface area is 187 Å². The molecule has 1 amide bonds. The number of ether oxygens (including phenoxy) is 2. The van der Waals surface area contributed by atoms with E-state index in [0.29, 0.717) is 45.4 Å². The summed E-state index contributed by atoms with van der Waals surface area (Å²) in [5, 5.41) is 7.27. The van der Waals surface area contributed by atoms with Gasteiger partial charge < -0.3 is 14.8 Å². The lowest BCUT2D eigenvalue weighted by molar-refractivity contribution is 0.0951. The number of rotatable bonds is 4. The molecule has 1 aliphatic heterocycles. The molecule has 0 spiro atoms. The number of nitrogens with one attached hydrogen (secondary N) is 2. The van der Waals surface area contributed by atoms with Gasteiger partial charge in [-0.25, -0.2) is 4.68 Å². The van der Waals surface area contributed by atoms with E-state index in [1.165, 1.54) is 4.68 Å². The van der Waals surface area contributed by atoms with Crippen LogP contribution >= 0.6 is 0 Å². The molecule has 3 heterocycles. The van der Waals surface area contributed by atoms with Crippen molar-refractivity contribution in [1.82, 2.24) is 20.1 Å². The van der Waals surface area contributed by atoms with Crippen LogP contribution in [0.2, 0.25) is 0 Å². The van der Waals surface area contributed by atoms with Crippen molar-refractivity contribution < 1.29 is 14.3 Å². The van der Waals surface area contributed by atoms with E-state index in [2.05, 4.69) is 15.4 Å². The van der Waals surface area contributed by atoms with Gasteiger partial charge in [-0.05, 0) is 48.0 Å². The number of aromatic amines is 1. The van der Waals surface area contributed by atoms with E-state index in [0.717, 1.165) is 11.3 Å². The molecule has 0 aliphatic carbocycles. The topological polar surface area (TPSA) is 98.2 Å². The van der Waals surface area contributed by atoms with E-state index < -0.39 is 0 Å². The number of hydrogen-bond acceptors (Lipinski definition) is 5. The summed E-state index contributed by atoms with van der Waals surface area (Å²) >= 11 is 0. The second-order valence-corrected chi connectivity index (χ2v) is 7.74. The van der Waals surface area contributed by atoms with Crippen LogP contribution in [-0.4, -0.2) is 27.5 Å². The highest BCUT2D eigenvalue weighted by molar-refractivity contribution is 6.06. The third-order valence-corrected chi connectivity index (χ3v) is 5.69. The Morgan fingerprint density at radius 1 is 1.00 bits per heavy atom. The van der Waals surface area contributed by atoms with Crippen LogP contribution in [0.5, 0.6) is 11.5 Å². The monoisotopic (exact) mass is 438 g/mol. The van der Waals surface area contributed by atoms with Crippen LogP contribution in [0.25, 0.3) is 27.5 Å². The number of aromatic nitrogens is 3. The third kappa shape index (κ3) is 3.28. The minimum atomic E-state index is -0.226. The molecule has 0 radical (unpaired) electrons. The van der Waals surface area contributed by atoms with Gasteiger partial charge >= 0.3 is 0 Å². The highest BCUT2D eigenvalue weighted by atomic mass is 16.7. The molecule has 0 atom stereocenters. The van der Waals surface area contributed by atoms with Crippen LogP contribution in [0.1, 0.15) is 15.9 Å². The first-order valence-electron chi connectivity index (χ1n) is 10.4. The molecule has 2 N–H and O–H groups in total. The van der Waals surface area contributed by atoms with Crippen molar-refractivity contribution in [3.05, 3.63) is 94.4 Å². The van der Waals surface area contributed by atoms with Crippen molar-refractivity contribution in [2.24, 2.45) is 0 Å². The van der Waals surface area contributed by atoms with Crippen LogP contribution in [0.4, 0.5) is 0 Å². The van der Waals surface area contributed by atoms with Gasteiger partial charge in [0.2, 0.25) is 6.79 Å². The van der Waals surface area contributed by atoms with Gasteiger partial charge in [0.1, 0.15) is 0 Å². The average Bonchev–Trinajstić information content (AvgIpc) is 3.46. The predicted octanol–water partition coefficient (Wildman–Crippen LogP) is 3.53. The van der Waals surface area contributed by atoms with Gasteiger partial charge in [-0.3, -0.25) is 19.7 Å². The van der Waals surface area contributed by atoms with Gasteiger partial charge in [-0.15, -0.1) is 0 Å². The normalized spacial score (nSPS) is 12.4. The highest BCUT2D eigenvalue weighted by Crippen LogP contribution is 2.32. The van der Waals surface area contributed by atoms with Crippen LogP contribution in [-0.2, 0) is 6.54 Å². The molecule has 33 heavy (non-hydrogen) atoms. The Balaban J connectivity index is 1.33. The molecular formula is C25H18N4O4. The molecule has 5 aromatic rings. The van der Waals surface area contributed by atoms with Gasteiger partial charge in [-0.1, -0.05) is 24.3 Å². The van der Waals surface area contributed by atoms with E-state index in [1.807, 2.05) is 48.5 Å². The van der Waals surface area contributed by atoms with Crippen molar-refractivity contribution in [3.63, 3.8) is 0 Å². The fourth-order valence-corrected chi connectivity index (χ4v) is 3.99. The zero-order chi connectivity index (χ0) is 22.4. The summed E-state index contributed by atoms with van der Waals surface area (Å²) in [5.41, 5.74) is 3.25. The maximum atomic E-state index is 12.9. The summed E-state index contributed by atoms with van der Waals surface area (Å²) in [4.78, 5) is 30.2. The fraction of sp³-hybridized carbons (Fsp3) is 0.0800. The molecule has 162 valence electrons. The summed E-state index contributed by atoms with van der Waals surface area (Å²) < 4.78 is 12.2. The number of H-pyrrole nitrogens is 1. The summed E-state index contributed by atoms with van der Waals surface area (Å²) in [5.74, 6) is 1.15. The van der Waals surface area contributed by atoms with E-state index >= 15 is 0 Å². The highest BCUT2D eigenvalue weighted by Gasteiger charge is 2.16. The molecular weight excluding hydrogens is 420 g/mol. The molecule has 3 aromatic carbocycles.